The molecule has 0 bridgehead atoms. The van der Waals surface area contributed by atoms with Crippen molar-refractivity contribution in [3.8, 4) is 0 Å². The standard InChI is InChI=1S/C11H15F2N.ClH/c1-3-7(2)11(14)9-6-8(12)4-5-10(9)13;/h4-7,11H,3,14H2,1-2H3;1H/t7?,11-;/m1./s1. The summed E-state index contributed by atoms with van der Waals surface area (Å²) in [6.07, 6.45) is 0.844. The predicted molar refractivity (Wildman–Crippen MR) is 60.0 cm³/mol. The zero-order valence-electron chi connectivity index (χ0n) is 8.84. The van der Waals surface area contributed by atoms with Crippen molar-refractivity contribution in [3.63, 3.8) is 0 Å². The molecule has 1 nitrogen and oxygen atoms in total. The van der Waals surface area contributed by atoms with Crippen molar-refractivity contribution in [2.45, 2.75) is 26.3 Å². The van der Waals surface area contributed by atoms with Crippen molar-refractivity contribution in [1.82, 2.24) is 0 Å². The average Bonchev–Trinajstić information content (AvgIpc) is 2.19. The molecule has 2 atom stereocenters. The van der Waals surface area contributed by atoms with Crippen LogP contribution in [-0.2, 0) is 0 Å². The molecule has 1 rings (SSSR count). The smallest absolute Gasteiger partial charge is 0.128 e. The van der Waals surface area contributed by atoms with Gasteiger partial charge in [-0.2, -0.15) is 0 Å². The Morgan fingerprint density at radius 1 is 1.33 bits per heavy atom. The summed E-state index contributed by atoms with van der Waals surface area (Å²) in [4.78, 5) is 0. The molecule has 0 amide bonds. The first-order valence-corrected chi connectivity index (χ1v) is 4.76. The molecular formula is C11H16ClF2N. The molecule has 0 aromatic heterocycles. The van der Waals surface area contributed by atoms with Gasteiger partial charge >= 0.3 is 0 Å². The van der Waals surface area contributed by atoms with Crippen LogP contribution in [0.25, 0.3) is 0 Å². The number of hydrogen-bond acceptors (Lipinski definition) is 1. The van der Waals surface area contributed by atoms with E-state index in [1.54, 1.807) is 0 Å². The fourth-order valence-electron chi connectivity index (χ4n) is 1.33. The Labute approximate surface area is 95.1 Å². The molecule has 1 aromatic carbocycles. The number of hydrogen-bond donors (Lipinski definition) is 1. The largest absolute Gasteiger partial charge is 0.324 e. The lowest BCUT2D eigenvalue weighted by atomic mass is 9.93. The maximum absolute atomic E-state index is 13.3. The first kappa shape index (κ1) is 14.3. The second-order valence-corrected chi connectivity index (χ2v) is 3.58. The van der Waals surface area contributed by atoms with Crippen LogP contribution >= 0.6 is 12.4 Å². The SMILES string of the molecule is CCC(C)[C@@H](N)c1cc(F)ccc1F.Cl. The Morgan fingerprint density at radius 2 is 1.93 bits per heavy atom. The molecule has 0 heterocycles. The Morgan fingerprint density at radius 3 is 2.47 bits per heavy atom. The molecule has 0 saturated carbocycles. The van der Waals surface area contributed by atoms with Crippen LogP contribution in [0.1, 0.15) is 31.9 Å². The summed E-state index contributed by atoms with van der Waals surface area (Å²) in [7, 11) is 0. The van der Waals surface area contributed by atoms with Crippen LogP contribution in [0.4, 0.5) is 8.78 Å². The maximum Gasteiger partial charge on any atom is 0.128 e. The molecule has 4 heteroatoms. The Hall–Kier alpha value is -0.670. The molecular weight excluding hydrogens is 220 g/mol. The minimum absolute atomic E-state index is 0. The monoisotopic (exact) mass is 235 g/mol. The van der Waals surface area contributed by atoms with E-state index in [4.69, 9.17) is 5.73 Å². The maximum atomic E-state index is 13.3. The summed E-state index contributed by atoms with van der Waals surface area (Å²) in [5, 5.41) is 0. The molecule has 0 saturated heterocycles. The fraction of sp³-hybridized carbons (Fsp3) is 0.455. The zero-order chi connectivity index (χ0) is 10.7. The van der Waals surface area contributed by atoms with Crippen molar-refractivity contribution < 1.29 is 8.78 Å². The van der Waals surface area contributed by atoms with Gasteiger partial charge in [0, 0.05) is 11.6 Å². The molecule has 0 aliphatic carbocycles. The van der Waals surface area contributed by atoms with Gasteiger partial charge in [-0.1, -0.05) is 20.3 Å². The Kier molecular flexibility index (Phi) is 5.76. The van der Waals surface area contributed by atoms with Gasteiger partial charge in [-0.25, -0.2) is 8.78 Å². The predicted octanol–water partition coefficient (Wildman–Crippen LogP) is 3.43. The van der Waals surface area contributed by atoms with Gasteiger partial charge in [0.15, 0.2) is 0 Å². The van der Waals surface area contributed by atoms with E-state index in [-0.39, 0.29) is 23.9 Å². The van der Waals surface area contributed by atoms with Gasteiger partial charge in [-0.15, -0.1) is 12.4 Å². The van der Waals surface area contributed by atoms with Crippen molar-refractivity contribution >= 4 is 12.4 Å². The highest BCUT2D eigenvalue weighted by Gasteiger charge is 2.17. The van der Waals surface area contributed by atoms with Crippen LogP contribution in [-0.4, -0.2) is 0 Å². The van der Waals surface area contributed by atoms with E-state index in [0.717, 1.165) is 18.6 Å². The van der Waals surface area contributed by atoms with Crippen molar-refractivity contribution in [3.05, 3.63) is 35.4 Å². The average molecular weight is 236 g/mol. The second-order valence-electron chi connectivity index (χ2n) is 3.58. The molecule has 86 valence electrons. The normalized spacial score (nSPS) is 14.2. The summed E-state index contributed by atoms with van der Waals surface area (Å²) in [5.74, 6) is -0.731. The number of rotatable bonds is 3. The van der Waals surface area contributed by atoms with E-state index >= 15 is 0 Å². The first-order valence-electron chi connectivity index (χ1n) is 4.76. The van der Waals surface area contributed by atoms with Gasteiger partial charge in [-0.05, 0) is 24.1 Å². The van der Waals surface area contributed by atoms with E-state index in [2.05, 4.69) is 0 Å². The van der Waals surface area contributed by atoms with Crippen LogP contribution in [0.5, 0.6) is 0 Å². The number of nitrogens with two attached hydrogens (primary N) is 1. The van der Waals surface area contributed by atoms with E-state index < -0.39 is 17.7 Å². The third-order valence-corrected chi connectivity index (χ3v) is 2.57. The molecule has 1 aromatic rings. The van der Waals surface area contributed by atoms with Gasteiger partial charge in [0.1, 0.15) is 11.6 Å². The van der Waals surface area contributed by atoms with Crippen LogP contribution in [0.2, 0.25) is 0 Å². The van der Waals surface area contributed by atoms with Gasteiger partial charge in [-0.3, -0.25) is 0 Å². The molecule has 0 aliphatic rings. The summed E-state index contributed by atoms with van der Waals surface area (Å²) in [5.41, 5.74) is 6.08. The minimum Gasteiger partial charge on any atom is -0.324 e. The molecule has 2 N–H and O–H groups in total. The van der Waals surface area contributed by atoms with E-state index in [9.17, 15) is 8.78 Å². The molecule has 0 radical (unpaired) electrons. The number of benzene rings is 1. The van der Waals surface area contributed by atoms with E-state index in [1.807, 2.05) is 13.8 Å². The fourth-order valence-corrected chi connectivity index (χ4v) is 1.33. The van der Waals surface area contributed by atoms with Gasteiger partial charge in [0.05, 0.1) is 0 Å². The third kappa shape index (κ3) is 3.43. The van der Waals surface area contributed by atoms with Gasteiger partial charge in [0.2, 0.25) is 0 Å². The van der Waals surface area contributed by atoms with Crippen LogP contribution in [0.3, 0.4) is 0 Å². The van der Waals surface area contributed by atoms with Crippen molar-refractivity contribution in [1.29, 1.82) is 0 Å². The molecule has 0 aliphatic heterocycles. The second kappa shape index (κ2) is 6.03. The van der Waals surface area contributed by atoms with E-state index in [1.165, 1.54) is 6.07 Å². The number of halogens is 3. The summed E-state index contributed by atoms with van der Waals surface area (Å²) in [6, 6.07) is 2.96. The quantitative estimate of drug-likeness (QED) is 0.854. The van der Waals surface area contributed by atoms with Crippen LogP contribution in [0, 0.1) is 17.6 Å². The molecule has 0 fully saturated rings. The zero-order valence-corrected chi connectivity index (χ0v) is 9.65. The topological polar surface area (TPSA) is 26.0 Å². The minimum atomic E-state index is -0.444. The van der Waals surface area contributed by atoms with Crippen LogP contribution < -0.4 is 5.73 Å². The lowest BCUT2D eigenvalue weighted by Gasteiger charge is -2.19. The summed E-state index contributed by atoms with van der Waals surface area (Å²) in [6.45, 7) is 3.90. The highest BCUT2D eigenvalue weighted by molar-refractivity contribution is 5.85. The highest BCUT2D eigenvalue weighted by atomic mass is 35.5. The van der Waals surface area contributed by atoms with Crippen LogP contribution in [0.15, 0.2) is 18.2 Å². The lowest BCUT2D eigenvalue weighted by Crippen LogP contribution is -2.20. The first-order chi connectivity index (χ1) is 6.56. The Bertz CT molecular complexity index is 317. The third-order valence-electron chi connectivity index (χ3n) is 2.57. The van der Waals surface area contributed by atoms with Crippen molar-refractivity contribution in [2.24, 2.45) is 11.7 Å². The van der Waals surface area contributed by atoms with E-state index in [0.29, 0.717) is 0 Å². The van der Waals surface area contributed by atoms with Crippen molar-refractivity contribution in [2.75, 3.05) is 0 Å². The molecule has 0 spiro atoms. The molecule has 1 unspecified atom stereocenters. The Balaban J connectivity index is 0.00000196. The van der Waals surface area contributed by atoms with Gasteiger partial charge in [0.25, 0.3) is 0 Å². The summed E-state index contributed by atoms with van der Waals surface area (Å²) >= 11 is 0. The lowest BCUT2D eigenvalue weighted by molar-refractivity contribution is 0.436. The highest BCUT2D eigenvalue weighted by Crippen LogP contribution is 2.24. The van der Waals surface area contributed by atoms with Gasteiger partial charge < -0.3 is 5.73 Å². The molecule has 15 heavy (non-hydrogen) atoms. The summed E-state index contributed by atoms with van der Waals surface area (Å²) < 4.78 is 26.1.